The molecule has 0 radical (unpaired) electrons. The van der Waals surface area contributed by atoms with Crippen LogP contribution in [0.15, 0.2) is 33.9 Å². The van der Waals surface area contributed by atoms with Gasteiger partial charge in [-0.15, -0.1) is 0 Å². The predicted molar refractivity (Wildman–Crippen MR) is 47.8 cm³/mol. The van der Waals surface area contributed by atoms with Crippen molar-refractivity contribution in [2.24, 2.45) is 4.99 Å². The normalized spacial score (nSPS) is 9.67. The van der Waals surface area contributed by atoms with Gasteiger partial charge in [-0.2, -0.15) is 4.99 Å². The number of carbonyl (C=O) groups excluding carboxylic acids is 1. The Bertz CT molecular complexity index is 334. The molecule has 0 aromatic carbocycles. The lowest BCUT2D eigenvalue weighted by atomic mass is 10.4. The molecule has 0 unspecified atom stereocenters. The van der Waals surface area contributed by atoms with Gasteiger partial charge in [0.25, 0.3) is 5.91 Å². The molecular weight excluding hydrogens is 174 g/mol. The zero-order chi connectivity index (χ0) is 8.81. The second kappa shape index (κ2) is 4.38. The highest BCUT2D eigenvalue weighted by atomic mass is 32.1. The molecule has 1 amide bonds. The van der Waals surface area contributed by atoms with Crippen LogP contribution < -0.4 is 0 Å². The van der Waals surface area contributed by atoms with E-state index in [9.17, 15) is 4.79 Å². The largest absolute Gasteiger partial charge is 0.465 e. The first-order chi connectivity index (χ1) is 5.83. The standard InChI is InChI=1S/C8H5NO2S/c10-8(9-6-12)4-3-7-2-1-5-11-7/h1-5H. The van der Waals surface area contributed by atoms with Crippen molar-refractivity contribution >= 4 is 29.4 Å². The highest BCUT2D eigenvalue weighted by Gasteiger charge is 1.90. The Hall–Kier alpha value is -1.51. The third-order valence-corrected chi connectivity index (χ3v) is 1.18. The first kappa shape index (κ1) is 8.59. The first-order valence-electron chi connectivity index (χ1n) is 3.16. The molecule has 1 heterocycles. The maximum atomic E-state index is 10.7. The van der Waals surface area contributed by atoms with Crippen molar-refractivity contribution in [2.45, 2.75) is 0 Å². The molecule has 0 atom stereocenters. The number of thiocarbonyl (C=S) groups is 1. The van der Waals surface area contributed by atoms with E-state index in [-0.39, 0.29) is 0 Å². The van der Waals surface area contributed by atoms with Crippen molar-refractivity contribution in [3.63, 3.8) is 0 Å². The summed E-state index contributed by atoms with van der Waals surface area (Å²) < 4.78 is 4.93. The Morgan fingerprint density at radius 3 is 3.17 bits per heavy atom. The molecule has 12 heavy (non-hydrogen) atoms. The quantitative estimate of drug-likeness (QED) is 0.395. The SMILES string of the molecule is O=C(C=Cc1ccco1)N=C=S. The average molecular weight is 179 g/mol. The van der Waals surface area contributed by atoms with Gasteiger partial charge >= 0.3 is 0 Å². The Morgan fingerprint density at radius 2 is 2.58 bits per heavy atom. The Labute approximate surface area is 74.4 Å². The highest BCUT2D eigenvalue weighted by Crippen LogP contribution is 2.01. The molecule has 1 rings (SSSR count). The average Bonchev–Trinajstić information content (AvgIpc) is 2.53. The van der Waals surface area contributed by atoms with Crippen LogP contribution in [0.3, 0.4) is 0 Å². The fourth-order valence-electron chi connectivity index (χ4n) is 0.622. The fraction of sp³-hybridized carbons (Fsp3) is 0. The van der Waals surface area contributed by atoms with Crippen LogP contribution in [-0.2, 0) is 4.79 Å². The van der Waals surface area contributed by atoms with Crippen molar-refractivity contribution in [1.29, 1.82) is 0 Å². The molecule has 0 aliphatic carbocycles. The summed E-state index contributed by atoms with van der Waals surface area (Å²) >= 11 is 4.25. The highest BCUT2D eigenvalue weighted by molar-refractivity contribution is 7.78. The number of isothiocyanates is 1. The van der Waals surface area contributed by atoms with Gasteiger partial charge in [0.15, 0.2) is 0 Å². The number of carbonyl (C=O) groups is 1. The monoisotopic (exact) mass is 179 g/mol. The number of nitrogens with zero attached hydrogens (tertiary/aromatic N) is 1. The zero-order valence-electron chi connectivity index (χ0n) is 6.06. The third kappa shape index (κ3) is 2.62. The van der Waals surface area contributed by atoms with Gasteiger partial charge in [0.05, 0.1) is 11.4 Å². The van der Waals surface area contributed by atoms with E-state index in [4.69, 9.17) is 4.42 Å². The van der Waals surface area contributed by atoms with Crippen LogP contribution in [0.5, 0.6) is 0 Å². The van der Waals surface area contributed by atoms with Crippen molar-refractivity contribution in [3.05, 3.63) is 30.2 Å². The van der Waals surface area contributed by atoms with Crippen molar-refractivity contribution in [3.8, 4) is 0 Å². The second-order valence-corrected chi connectivity index (χ2v) is 2.07. The number of aliphatic imine (C=N–C) groups is 1. The lowest BCUT2D eigenvalue weighted by molar-refractivity contribution is -0.113. The summed E-state index contributed by atoms with van der Waals surface area (Å²) in [7, 11) is 0. The zero-order valence-corrected chi connectivity index (χ0v) is 6.88. The minimum Gasteiger partial charge on any atom is -0.465 e. The van der Waals surface area contributed by atoms with Gasteiger partial charge in [0.2, 0.25) is 0 Å². The molecule has 1 aromatic rings. The van der Waals surface area contributed by atoms with E-state index in [0.717, 1.165) is 0 Å². The molecule has 1 aromatic heterocycles. The summed E-state index contributed by atoms with van der Waals surface area (Å²) in [5.74, 6) is 0.157. The molecule has 0 saturated heterocycles. The van der Waals surface area contributed by atoms with Crippen LogP contribution in [0.4, 0.5) is 0 Å². The summed E-state index contributed by atoms with van der Waals surface area (Å²) in [5.41, 5.74) is 0. The molecule has 0 fully saturated rings. The Morgan fingerprint density at radius 1 is 1.75 bits per heavy atom. The van der Waals surface area contributed by atoms with Crippen molar-refractivity contribution in [2.75, 3.05) is 0 Å². The Balaban J connectivity index is 2.62. The van der Waals surface area contributed by atoms with Crippen LogP contribution >= 0.6 is 12.2 Å². The van der Waals surface area contributed by atoms with E-state index in [1.165, 1.54) is 18.4 Å². The van der Waals surface area contributed by atoms with Crippen LogP contribution in [0.1, 0.15) is 5.76 Å². The van der Waals surface area contributed by atoms with E-state index in [1.54, 1.807) is 12.1 Å². The molecule has 3 nitrogen and oxygen atoms in total. The fourth-order valence-corrected chi connectivity index (χ4v) is 0.712. The van der Waals surface area contributed by atoms with Gasteiger partial charge in [0.1, 0.15) is 5.76 Å². The Kier molecular flexibility index (Phi) is 3.14. The maximum absolute atomic E-state index is 10.7. The molecule has 60 valence electrons. The molecule has 0 bridgehead atoms. The topological polar surface area (TPSA) is 42.6 Å². The summed E-state index contributed by atoms with van der Waals surface area (Å²) in [6.45, 7) is 0. The number of hydrogen-bond acceptors (Lipinski definition) is 3. The van der Waals surface area contributed by atoms with E-state index in [2.05, 4.69) is 17.2 Å². The van der Waals surface area contributed by atoms with Crippen LogP contribution in [-0.4, -0.2) is 11.1 Å². The van der Waals surface area contributed by atoms with Gasteiger partial charge in [-0.25, -0.2) is 0 Å². The summed E-state index contributed by atoms with van der Waals surface area (Å²) in [6.07, 6.45) is 4.29. The third-order valence-electron chi connectivity index (χ3n) is 1.09. The first-order valence-corrected chi connectivity index (χ1v) is 3.57. The van der Waals surface area contributed by atoms with Gasteiger partial charge in [-0.3, -0.25) is 4.79 Å². The molecule has 4 heteroatoms. The van der Waals surface area contributed by atoms with Crippen molar-refractivity contribution in [1.82, 2.24) is 0 Å². The number of hydrogen-bond donors (Lipinski definition) is 0. The number of rotatable bonds is 2. The van der Waals surface area contributed by atoms with Crippen LogP contribution in [0, 0.1) is 0 Å². The number of amides is 1. The molecule has 0 N–H and O–H groups in total. The maximum Gasteiger partial charge on any atom is 0.278 e. The summed E-state index contributed by atoms with van der Waals surface area (Å²) in [5, 5.41) is 1.97. The molecule has 0 saturated carbocycles. The summed E-state index contributed by atoms with van der Waals surface area (Å²) in [4.78, 5) is 13.9. The molecular formula is C8H5NO2S. The van der Waals surface area contributed by atoms with Crippen LogP contribution in [0.2, 0.25) is 0 Å². The molecule has 0 spiro atoms. The van der Waals surface area contributed by atoms with E-state index >= 15 is 0 Å². The lowest BCUT2D eigenvalue weighted by Gasteiger charge is -1.80. The molecule has 0 aliphatic heterocycles. The van der Waals surface area contributed by atoms with Crippen LogP contribution in [0.25, 0.3) is 6.08 Å². The van der Waals surface area contributed by atoms with Crippen molar-refractivity contribution < 1.29 is 9.21 Å². The minimum absolute atomic E-state index is 0.443. The van der Waals surface area contributed by atoms with E-state index in [1.807, 2.05) is 5.16 Å². The number of furan rings is 1. The van der Waals surface area contributed by atoms with E-state index in [0.29, 0.717) is 5.76 Å². The van der Waals surface area contributed by atoms with Gasteiger partial charge in [0, 0.05) is 6.08 Å². The van der Waals surface area contributed by atoms with Gasteiger partial charge in [-0.05, 0) is 30.4 Å². The second-order valence-electron chi connectivity index (χ2n) is 1.89. The smallest absolute Gasteiger partial charge is 0.278 e. The predicted octanol–water partition coefficient (Wildman–Crippen LogP) is 1.92. The molecule has 0 aliphatic rings. The minimum atomic E-state index is -0.443. The summed E-state index contributed by atoms with van der Waals surface area (Å²) in [6, 6.07) is 3.46. The van der Waals surface area contributed by atoms with Gasteiger partial charge < -0.3 is 4.42 Å². The van der Waals surface area contributed by atoms with Gasteiger partial charge in [-0.1, -0.05) is 0 Å². The lowest BCUT2D eigenvalue weighted by Crippen LogP contribution is -1.82. The van der Waals surface area contributed by atoms with E-state index < -0.39 is 5.91 Å².